The third-order valence-electron chi connectivity index (χ3n) is 5.26. The number of methoxy groups -OCH3 is 2. The van der Waals surface area contributed by atoms with Gasteiger partial charge in [-0.05, 0) is 48.5 Å². The molecule has 1 aliphatic heterocycles. The zero-order valence-electron chi connectivity index (χ0n) is 18.4. The number of sulfonamides is 1. The highest BCUT2D eigenvalue weighted by Crippen LogP contribution is 2.37. The quantitative estimate of drug-likeness (QED) is 0.538. The summed E-state index contributed by atoms with van der Waals surface area (Å²) in [5, 5.41) is 2.65. The SMILES string of the molecule is COC(=O)c1ccccc1NC(=O)[C@H]1CN(S(=O)(=O)c2ccc(OC)cc2)c2ccccc2O1. The predicted molar refractivity (Wildman–Crippen MR) is 125 cm³/mol. The van der Waals surface area contributed by atoms with Gasteiger partial charge in [0.2, 0.25) is 0 Å². The fourth-order valence-corrected chi connectivity index (χ4v) is 5.01. The summed E-state index contributed by atoms with van der Waals surface area (Å²) in [6.07, 6.45) is -1.17. The Hall–Kier alpha value is -4.05. The third kappa shape index (κ3) is 4.40. The maximum Gasteiger partial charge on any atom is 0.339 e. The third-order valence-corrected chi connectivity index (χ3v) is 7.06. The number of hydrogen-bond acceptors (Lipinski definition) is 7. The first-order chi connectivity index (χ1) is 16.3. The molecule has 0 bridgehead atoms. The molecule has 1 aliphatic rings. The minimum Gasteiger partial charge on any atom is -0.497 e. The van der Waals surface area contributed by atoms with Crippen LogP contribution in [-0.2, 0) is 19.6 Å². The van der Waals surface area contributed by atoms with Crippen LogP contribution >= 0.6 is 0 Å². The maximum atomic E-state index is 13.5. The van der Waals surface area contributed by atoms with Gasteiger partial charge in [-0.2, -0.15) is 0 Å². The van der Waals surface area contributed by atoms with Crippen molar-refractivity contribution in [3.63, 3.8) is 0 Å². The highest BCUT2D eigenvalue weighted by atomic mass is 32.2. The van der Waals surface area contributed by atoms with Gasteiger partial charge in [-0.15, -0.1) is 0 Å². The molecule has 1 amide bonds. The largest absolute Gasteiger partial charge is 0.497 e. The standard InChI is InChI=1S/C24H22N2O7S/c1-31-16-11-13-17(14-12-16)34(29,30)26-15-22(33-21-10-6-5-9-20(21)26)23(27)25-19-8-4-3-7-18(19)24(28)32-2/h3-14,22H,15H2,1-2H3,(H,25,27)/t22-/m1/s1. The van der Waals surface area contributed by atoms with Gasteiger partial charge in [0.05, 0.1) is 42.6 Å². The molecule has 0 saturated carbocycles. The molecule has 9 nitrogen and oxygen atoms in total. The van der Waals surface area contributed by atoms with Gasteiger partial charge >= 0.3 is 5.97 Å². The van der Waals surface area contributed by atoms with Crippen molar-refractivity contribution in [2.75, 3.05) is 30.4 Å². The summed E-state index contributed by atoms with van der Waals surface area (Å²) < 4.78 is 43.8. The van der Waals surface area contributed by atoms with E-state index in [1.807, 2.05) is 0 Å². The molecule has 4 rings (SSSR count). The van der Waals surface area contributed by atoms with Gasteiger partial charge in [0.15, 0.2) is 6.10 Å². The van der Waals surface area contributed by atoms with E-state index in [0.29, 0.717) is 11.4 Å². The summed E-state index contributed by atoms with van der Waals surface area (Å²) in [7, 11) is -1.29. The molecule has 1 atom stereocenters. The summed E-state index contributed by atoms with van der Waals surface area (Å²) >= 11 is 0. The number of para-hydroxylation sites is 3. The van der Waals surface area contributed by atoms with Crippen LogP contribution in [-0.4, -0.2) is 47.2 Å². The topological polar surface area (TPSA) is 111 Å². The van der Waals surface area contributed by atoms with E-state index in [4.69, 9.17) is 14.2 Å². The summed E-state index contributed by atoms with van der Waals surface area (Å²) in [6, 6.07) is 18.9. The van der Waals surface area contributed by atoms with E-state index in [1.165, 1.54) is 32.4 Å². The Morgan fingerprint density at radius 1 is 0.971 bits per heavy atom. The van der Waals surface area contributed by atoms with Gasteiger partial charge in [-0.25, -0.2) is 13.2 Å². The summed E-state index contributed by atoms with van der Waals surface area (Å²) in [5.74, 6) is -0.467. The van der Waals surface area contributed by atoms with Crippen LogP contribution in [0.3, 0.4) is 0 Å². The molecule has 1 N–H and O–H groups in total. The van der Waals surface area contributed by atoms with Crippen molar-refractivity contribution < 1.29 is 32.2 Å². The zero-order chi connectivity index (χ0) is 24.3. The predicted octanol–water partition coefficient (Wildman–Crippen LogP) is 3.08. The lowest BCUT2D eigenvalue weighted by Crippen LogP contribution is -2.48. The van der Waals surface area contributed by atoms with Crippen LogP contribution in [0.5, 0.6) is 11.5 Å². The summed E-state index contributed by atoms with van der Waals surface area (Å²) in [6.45, 7) is -0.266. The molecule has 10 heteroatoms. The van der Waals surface area contributed by atoms with Crippen LogP contribution in [0.2, 0.25) is 0 Å². The Morgan fingerprint density at radius 3 is 2.35 bits per heavy atom. The second-order valence-electron chi connectivity index (χ2n) is 7.31. The van der Waals surface area contributed by atoms with E-state index in [-0.39, 0.29) is 28.4 Å². The summed E-state index contributed by atoms with van der Waals surface area (Å²) in [5.41, 5.74) is 0.709. The minimum absolute atomic E-state index is 0.0419. The second-order valence-corrected chi connectivity index (χ2v) is 9.17. The van der Waals surface area contributed by atoms with Gasteiger partial charge in [-0.3, -0.25) is 9.10 Å². The lowest BCUT2D eigenvalue weighted by Gasteiger charge is -2.34. The highest BCUT2D eigenvalue weighted by Gasteiger charge is 2.37. The number of anilines is 2. The van der Waals surface area contributed by atoms with Gasteiger partial charge in [0, 0.05) is 0 Å². The maximum absolute atomic E-state index is 13.5. The first-order valence-corrected chi connectivity index (χ1v) is 11.7. The molecule has 1 heterocycles. The Labute approximate surface area is 196 Å². The Balaban J connectivity index is 1.66. The van der Waals surface area contributed by atoms with E-state index >= 15 is 0 Å². The van der Waals surface area contributed by atoms with Crippen molar-refractivity contribution in [2.45, 2.75) is 11.0 Å². The van der Waals surface area contributed by atoms with Crippen molar-refractivity contribution in [3.05, 3.63) is 78.4 Å². The van der Waals surface area contributed by atoms with Crippen LogP contribution in [0.4, 0.5) is 11.4 Å². The van der Waals surface area contributed by atoms with Crippen molar-refractivity contribution in [3.8, 4) is 11.5 Å². The molecule has 34 heavy (non-hydrogen) atoms. The zero-order valence-corrected chi connectivity index (χ0v) is 19.2. The molecule has 0 fully saturated rings. The number of amides is 1. The van der Waals surface area contributed by atoms with Crippen LogP contribution in [0.15, 0.2) is 77.7 Å². The average molecular weight is 483 g/mol. The number of carbonyl (C=O) groups is 2. The molecule has 0 aliphatic carbocycles. The molecule has 0 unspecified atom stereocenters. The van der Waals surface area contributed by atoms with E-state index in [1.54, 1.807) is 54.6 Å². The van der Waals surface area contributed by atoms with Gasteiger partial charge in [0.1, 0.15) is 11.5 Å². The molecule has 0 aromatic heterocycles. The average Bonchev–Trinajstić information content (AvgIpc) is 2.87. The number of hydrogen-bond donors (Lipinski definition) is 1. The molecule has 3 aromatic carbocycles. The van der Waals surface area contributed by atoms with E-state index in [2.05, 4.69) is 5.32 Å². The highest BCUT2D eigenvalue weighted by molar-refractivity contribution is 7.92. The first-order valence-electron chi connectivity index (χ1n) is 10.3. The lowest BCUT2D eigenvalue weighted by molar-refractivity contribution is -0.122. The number of benzene rings is 3. The number of carbonyl (C=O) groups excluding carboxylic acids is 2. The van der Waals surface area contributed by atoms with Crippen LogP contribution in [0, 0.1) is 0 Å². The Morgan fingerprint density at radius 2 is 1.65 bits per heavy atom. The van der Waals surface area contributed by atoms with E-state index < -0.39 is 28.0 Å². The number of ether oxygens (including phenoxy) is 3. The van der Waals surface area contributed by atoms with Gasteiger partial charge in [0.25, 0.3) is 15.9 Å². The molecular weight excluding hydrogens is 460 g/mol. The van der Waals surface area contributed by atoms with Crippen LogP contribution in [0.25, 0.3) is 0 Å². The summed E-state index contributed by atoms with van der Waals surface area (Å²) in [4.78, 5) is 25.2. The van der Waals surface area contributed by atoms with Crippen molar-refractivity contribution in [1.29, 1.82) is 0 Å². The Bertz CT molecular complexity index is 1320. The first kappa shape index (κ1) is 23.1. The van der Waals surface area contributed by atoms with Gasteiger partial charge < -0.3 is 19.5 Å². The molecule has 0 spiro atoms. The lowest BCUT2D eigenvalue weighted by atomic mass is 10.1. The van der Waals surface area contributed by atoms with E-state index in [9.17, 15) is 18.0 Å². The smallest absolute Gasteiger partial charge is 0.339 e. The van der Waals surface area contributed by atoms with Crippen molar-refractivity contribution >= 4 is 33.3 Å². The number of fused-ring (bicyclic) bond motifs is 1. The molecule has 0 radical (unpaired) electrons. The molecule has 0 saturated heterocycles. The van der Waals surface area contributed by atoms with Crippen molar-refractivity contribution in [2.24, 2.45) is 0 Å². The number of nitrogens with one attached hydrogen (secondary N) is 1. The normalized spacial score (nSPS) is 15.0. The molecule has 176 valence electrons. The molecular formula is C24H22N2O7S. The Kier molecular flexibility index (Phi) is 6.42. The van der Waals surface area contributed by atoms with Crippen molar-refractivity contribution in [1.82, 2.24) is 0 Å². The monoisotopic (exact) mass is 482 g/mol. The number of nitrogens with zero attached hydrogens (tertiary/aromatic N) is 1. The number of esters is 1. The fourth-order valence-electron chi connectivity index (χ4n) is 3.53. The molecule has 3 aromatic rings. The van der Waals surface area contributed by atoms with E-state index in [0.717, 1.165) is 4.31 Å². The number of rotatable bonds is 6. The fraction of sp³-hybridized carbons (Fsp3) is 0.167. The minimum atomic E-state index is -4.02. The second kappa shape index (κ2) is 9.44. The van der Waals surface area contributed by atoms with Crippen LogP contribution < -0.4 is 19.1 Å². The van der Waals surface area contributed by atoms with Gasteiger partial charge in [-0.1, -0.05) is 24.3 Å². The van der Waals surface area contributed by atoms with Crippen LogP contribution in [0.1, 0.15) is 10.4 Å².